The Balaban J connectivity index is 1.78. The molecular formula is C17H22N4O2S. The van der Waals surface area contributed by atoms with Crippen LogP contribution in [-0.4, -0.2) is 23.5 Å². The van der Waals surface area contributed by atoms with E-state index in [2.05, 4.69) is 34.8 Å². The maximum atomic E-state index is 11.9. The number of anilines is 2. The predicted octanol–water partition coefficient (Wildman–Crippen LogP) is 3.49. The van der Waals surface area contributed by atoms with Crippen LogP contribution in [0.4, 0.5) is 15.6 Å². The highest BCUT2D eigenvalue weighted by Crippen LogP contribution is 2.16. The van der Waals surface area contributed by atoms with E-state index in [0.717, 1.165) is 6.42 Å². The molecule has 0 fully saturated rings. The lowest BCUT2D eigenvalue weighted by atomic mass is 10.1. The molecule has 3 N–H and O–H groups in total. The van der Waals surface area contributed by atoms with E-state index in [4.69, 9.17) is 0 Å². The van der Waals surface area contributed by atoms with E-state index in [1.54, 1.807) is 17.5 Å². The third-order valence-electron chi connectivity index (χ3n) is 3.19. The monoisotopic (exact) mass is 346 g/mol. The van der Waals surface area contributed by atoms with Crippen molar-refractivity contribution in [2.45, 2.75) is 26.7 Å². The lowest BCUT2D eigenvalue weighted by Gasteiger charge is -2.06. The first-order valence-corrected chi connectivity index (χ1v) is 8.75. The number of aromatic nitrogens is 1. The molecule has 0 atom stereocenters. The molecule has 0 bridgehead atoms. The molecule has 0 unspecified atom stereocenters. The Morgan fingerprint density at radius 3 is 2.62 bits per heavy atom. The topological polar surface area (TPSA) is 83.1 Å². The summed E-state index contributed by atoms with van der Waals surface area (Å²) in [7, 11) is 0. The van der Waals surface area contributed by atoms with Gasteiger partial charge in [0.05, 0.1) is 12.1 Å². The summed E-state index contributed by atoms with van der Waals surface area (Å²) in [5, 5.41) is 10.5. The summed E-state index contributed by atoms with van der Waals surface area (Å²) < 4.78 is 0. The number of thiazole rings is 1. The fourth-order valence-electron chi connectivity index (χ4n) is 1.95. The van der Waals surface area contributed by atoms with Crippen molar-refractivity contribution in [3.63, 3.8) is 0 Å². The van der Waals surface area contributed by atoms with Crippen molar-refractivity contribution in [2.24, 2.45) is 5.92 Å². The number of amides is 3. The highest BCUT2D eigenvalue weighted by Gasteiger charge is 2.10. The maximum absolute atomic E-state index is 11.9. The molecule has 2 rings (SSSR count). The number of carbonyl (C=O) groups is 2. The Hall–Kier alpha value is -2.41. The van der Waals surface area contributed by atoms with Crippen LogP contribution in [0.2, 0.25) is 0 Å². The normalized spacial score (nSPS) is 10.5. The van der Waals surface area contributed by atoms with Gasteiger partial charge in [-0.2, -0.15) is 0 Å². The van der Waals surface area contributed by atoms with Gasteiger partial charge < -0.3 is 10.6 Å². The van der Waals surface area contributed by atoms with Gasteiger partial charge in [0.2, 0.25) is 5.91 Å². The fraction of sp³-hybridized carbons (Fsp3) is 0.353. The Morgan fingerprint density at radius 1 is 1.17 bits per heavy atom. The van der Waals surface area contributed by atoms with Crippen LogP contribution in [0.3, 0.4) is 0 Å². The second-order valence-corrected chi connectivity index (χ2v) is 6.66. The number of benzene rings is 1. The molecule has 0 spiro atoms. The molecule has 0 saturated carbocycles. The molecule has 3 amide bonds. The van der Waals surface area contributed by atoms with Crippen molar-refractivity contribution in [1.82, 2.24) is 10.3 Å². The highest BCUT2D eigenvalue weighted by molar-refractivity contribution is 7.13. The van der Waals surface area contributed by atoms with Crippen LogP contribution >= 0.6 is 11.3 Å². The SMILES string of the molecule is CC(C)CCNC(=O)Cc1csc(NC(=O)Nc2ccccc2)n1. The number of para-hydroxylation sites is 1. The summed E-state index contributed by atoms with van der Waals surface area (Å²) in [5.41, 5.74) is 1.35. The molecule has 128 valence electrons. The fourth-order valence-corrected chi connectivity index (χ4v) is 2.66. The second kappa shape index (κ2) is 9.02. The lowest BCUT2D eigenvalue weighted by Crippen LogP contribution is -2.27. The molecule has 0 aliphatic carbocycles. The Kier molecular flexibility index (Phi) is 6.74. The summed E-state index contributed by atoms with van der Waals surface area (Å²) in [6, 6.07) is 8.80. The summed E-state index contributed by atoms with van der Waals surface area (Å²) in [6.07, 6.45) is 1.17. The second-order valence-electron chi connectivity index (χ2n) is 5.80. The van der Waals surface area contributed by atoms with Gasteiger partial charge in [-0.15, -0.1) is 11.3 Å². The summed E-state index contributed by atoms with van der Waals surface area (Å²) in [6.45, 7) is 4.90. The van der Waals surface area contributed by atoms with E-state index in [9.17, 15) is 9.59 Å². The van der Waals surface area contributed by atoms with Crippen molar-refractivity contribution in [3.05, 3.63) is 41.4 Å². The van der Waals surface area contributed by atoms with Gasteiger partial charge in [0, 0.05) is 17.6 Å². The number of nitrogens with one attached hydrogen (secondary N) is 3. The zero-order valence-electron chi connectivity index (χ0n) is 13.8. The third kappa shape index (κ3) is 6.37. The van der Waals surface area contributed by atoms with Gasteiger partial charge in [0.25, 0.3) is 0 Å². The van der Waals surface area contributed by atoms with Gasteiger partial charge in [0.15, 0.2) is 5.13 Å². The van der Waals surface area contributed by atoms with E-state index in [0.29, 0.717) is 29.0 Å². The molecule has 1 aromatic heterocycles. The zero-order valence-corrected chi connectivity index (χ0v) is 14.7. The number of hydrogen-bond acceptors (Lipinski definition) is 4. The van der Waals surface area contributed by atoms with Crippen molar-refractivity contribution >= 4 is 34.1 Å². The number of urea groups is 1. The molecule has 1 heterocycles. The average molecular weight is 346 g/mol. The first-order valence-electron chi connectivity index (χ1n) is 7.87. The van der Waals surface area contributed by atoms with Crippen molar-refractivity contribution in [3.8, 4) is 0 Å². The van der Waals surface area contributed by atoms with Crippen molar-refractivity contribution < 1.29 is 9.59 Å². The van der Waals surface area contributed by atoms with Crippen LogP contribution in [0.25, 0.3) is 0 Å². The van der Waals surface area contributed by atoms with Crippen LogP contribution in [-0.2, 0) is 11.2 Å². The summed E-state index contributed by atoms with van der Waals surface area (Å²) in [4.78, 5) is 28.0. The Labute approximate surface area is 145 Å². The van der Waals surface area contributed by atoms with Crippen LogP contribution in [0.1, 0.15) is 26.0 Å². The van der Waals surface area contributed by atoms with Gasteiger partial charge >= 0.3 is 6.03 Å². The zero-order chi connectivity index (χ0) is 17.4. The molecule has 0 radical (unpaired) electrons. The number of nitrogens with zero attached hydrogens (tertiary/aromatic N) is 1. The lowest BCUT2D eigenvalue weighted by molar-refractivity contribution is -0.120. The first-order chi connectivity index (χ1) is 11.5. The average Bonchev–Trinajstić information content (AvgIpc) is 2.94. The molecule has 6 nitrogen and oxygen atoms in total. The molecule has 0 aliphatic heterocycles. The molecule has 0 aliphatic rings. The largest absolute Gasteiger partial charge is 0.356 e. The number of hydrogen-bond donors (Lipinski definition) is 3. The predicted molar refractivity (Wildman–Crippen MR) is 97.4 cm³/mol. The van der Waals surface area contributed by atoms with Gasteiger partial charge in [-0.25, -0.2) is 9.78 Å². The van der Waals surface area contributed by atoms with Gasteiger partial charge in [-0.05, 0) is 24.5 Å². The van der Waals surface area contributed by atoms with Crippen LogP contribution in [0.15, 0.2) is 35.7 Å². The van der Waals surface area contributed by atoms with E-state index in [1.807, 2.05) is 18.2 Å². The molecule has 24 heavy (non-hydrogen) atoms. The minimum absolute atomic E-state index is 0.0544. The molecule has 1 aromatic carbocycles. The standard InChI is InChI=1S/C17H22N4O2S/c1-12(2)8-9-18-15(22)10-14-11-24-17(20-14)21-16(23)19-13-6-4-3-5-7-13/h3-7,11-12H,8-10H2,1-2H3,(H,18,22)(H2,19,20,21,23). The van der Waals surface area contributed by atoms with Crippen molar-refractivity contribution in [1.29, 1.82) is 0 Å². The Morgan fingerprint density at radius 2 is 1.92 bits per heavy atom. The van der Waals surface area contributed by atoms with Crippen molar-refractivity contribution in [2.75, 3.05) is 17.2 Å². The molecule has 7 heteroatoms. The van der Waals surface area contributed by atoms with E-state index in [1.165, 1.54) is 11.3 Å². The van der Waals surface area contributed by atoms with E-state index in [-0.39, 0.29) is 18.4 Å². The number of rotatable bonds is 7. The summed E-state index contributed by atoms with van der Waals surface area (Å²) >= 11 is 1.30. The minimum Gasteiger partial charge on any atom is -0.356 e. The van der Waals surface area contributed by atoms with Crippen LogP contribution < -0.4 is 16.0 Å². The third-order valence-corrected chi connectivity index (χ3v) is 4.00. The summed E-state index contributed by atoms with van der Waals surface area (Å²) in [5.74, 6) is 0.504. The number of carbonyl (C=O) groups excluding carboxylic acids is 2. The van der Waals surface area contributed by atoms with Gasteiger partial charge in [-0.3, -0.25) is 10.1 Å². The van der Waals surface area contributed by atoms with Gasteiger partial charge in [0.1, 0.15) is 0 Å². The highest BCUT2D eigenvalue weighted by atomic mass is 32.1. The molecule has 0 saturated heterocycles. The smallest absolute Gasteiger partial charge is 0.325 e. The minimum atomic E-state index is -0.358. The van der Waals surface area contributed by atoms with E-state index >= 15 is 0 Å². The van der Waals surface area contributed by atoms with Gasteiger partial charge in [-0.1, -0.05) is 32.0 Å². The first kappa shape index (κ1) is 17.9. The van der Waals surface area contributed by atoms with Crippen LogP contribution in [0.5, 0.6) is 0 Å². The quantitative estimate of drug-likeness (QED) is 0.717. The molecular weight excluding hydrogens is 324 g/mol. The Bertz CT molecular complexity index is 670. The van der Waals surface area contributed by atoms with Crippen LogP contribution in [0, 0.1) is 5.92 Å². The van der Waals surface area contributed by atoms with E-state index < -0.39 is 0 Å². The molecule has 2 aromatic rings. The maximum Gasteiger partial charge on any atom is 0.325 e.